The van der Waals surface area contributed by atoms with Gasteiger partial charge in [-0.2, -0.15) is 5.26 Å². The number of alkyl halides is 2. The number of hydrogen-bond acceptors (Lipinski definition) is 2. The first-order valence-electron chi connectivity index (χ1n) is 12.5. The van der Waals surface area contributed by atoms with E-state index in [2.05, 4.69) is 73.3 Å². The zero-order chi connectivity index (χ0) is 24.1. The van der Waals surface area contributed by atoms with Gasteiger partial charge in [0.05, 0.1) is 6.07 Å². The Kier molecular flexibility index (Phi) is 12.1. The second-order valence-electron chi connectivity index (χ2n) is 8.97. The molecule has 180 valence electrons. The van der Waals surface area contributed by atoms with Crippen molar-refractivity contribution < 1.29 is 8.78 Å². The number of aryl methyl sites for hydroxylation is 1. The highest BCUT2D eigenvalue weighted by Gasteiger charge is 2.31. The molecular formula is C29H40F2N2. The fourth-order valence-electron chi connectivity index (χ4n) is 4.83. The first-order valence-corrected chi connectivity index (χ1v) is 12.5. The number of rotatable bonds is 10. The number of likely N-dealkylation sites (N-methyl/N-ethyl adjacent to an activating group) is 1. The lowest BCUT2D eigenvalue weighted by Gasteiger charge is -2.30. The average molecular weight is 455 g/mol. The molecule has 0 saturated heterocycles. The van der Waals surface area contributed by atoms with E-state index in [1.807, 2.05) is 0 Å². The van der Waals surface area contributed by atoms with E-state index < -0.39 is 12.3 Å². The minimum absolute atomic E-state index is 0.165. The van der Waals surface area contributed by atoms with Gasteiger partial charge in [-0.1, -0.05) is 68.4 Å². The van der Waals surface area contributed by atoms with Crippen molar-refractivity contribution in [2.45, 2.75) is 90.0 Å². The SMILES string of the molecule is CC#N.CCC(CCc1ccc(C2CCC(F)C(F)C2)cc1)N(CC)CCc1ccccc1. The number of nitrogens with zero attached hydrogens (tertiary/aromatic N) is 2. The molecule has 0 spiro atoms. The van der Waals surface area contributed by atoms with Crippen LogP contribution in [0.4, 0.5) is 8.78 Å². The third kappa shape index (κ3) is 8.89. The van der Waals surface area contributed by atoms with Crippen molar-refractivity contribution in [3.05, 3.63) is 71.3 Å². The summed E-state index contributed by atoms with van der Waals surface area (Å²) >= 11 is 0. The summed E-state index contributed by atoms with van der Waals surface area (Å²) in [6, 6.07) is 21.7. The lowest BCUT2D eigenvalue weighted by molar-refractivity contribution is 0.108. The van der Waals surface area contributed by atoms with Crippen molar-refractivity contribution in [1.29, 1.82) is 5.26 Å². The zero-order valence-corrected chi connectivity index (χ0v) is 20.5. The first kappa shape index (κ1) is 27.0. The van der Waals surface area contributed by atoms with Crippen LogP contribution in [-0.4, -0.2) is 36.4 Å². The van der Waals surface area contributed by atoms with Crippen LogP contribution < -0.4 is 0 Å². The number of benzene rings is 2. The van der Waals surface area contributed by atoms with Crippen LogP contribution in [0.3, 0.4) is 0 Å². The normalized spacial score (nSPS) is 21.1. The van der Waals surface area contributed by atoms with Gasteiger partial charge in [0.25, 0.3) is 0 Å². The van der Waals surface area contributed by atoms with Gasteiger partial charge >= 0.3 is 0 Å². The molecular weight excluding hydrogens is 414 g/mol. The molecule has 2 nitrogen and oxygen atoms in total. The van der Waals surface area contributed by atoms with Crippen LogP contribution in [-0.2, 0) is 12.8 Å². The molecule has 1 saturated carbocycles. The molecule has 0 radical (unpaired) electrons. The van der Waals surface area contributed by atoms with E-state index in [9.17, 15) is 8.78 Å². The second kappa shape index (κ2) is 14.8. The Labute approximate surface area is 199 Å². The highest BCUT2D eigenvalue weighted by atomic mass is 19.2. The van der Waals surface area contributed by atoms with Crippen LogP contribution in [0.2, 0.25) is 0 Å². The molecule has 4 atom stereocenters. The number of nitriles is 1. The van der Waals surface area contributed by atoms with Crippen LogP contribution in [0.5, 0.6) is 0 Å². The summed E-state index contributed by atoms with van der Waals surface area (Å²) in [4.78, 5) is 2.61. The molecule has 1 fully saturated rings. The monoisotopic (exact) mass is 454 g/mol. The van der Waals surface area contributed by atoms with Gasteiger partial charge in [-0.25, -0.2) is 8.78 Å². The molecule has 0 aromatic heterocycles. The summed E-state index contributed by atoms with van der Waals surface area (Å²) in [5, 5.41) is 7.32. The predicted molar refractivity (Wildman–Crippen MR) is 134 cm³/mol. The molecule has 0 N–H and O–H groups in total. The summed E-state index contributed by atoms with van der Waals surface area (Å²) in [7, 11) is 0. The van der Waals surface area contributed by atoms with Gasteiger partial charge < -0.3 is 4.90 Å². The molecule has 1 aliphatic carbocycles. The Morgan fingerprint density at radius 3 is 2.15 bits per heavy atom. The van der Waals surface area contributed by atoms with Crippen molar-refractivity contribution >= 4 is 0 Å². The molecule has 3 rings (SSSR count). The molecule has 0 bridgehead atoms. The minimum atomic E-state index is -1.30. The summed E-state index contributed by atoms with van der Waals surface area (Å²) in [5.74, 6) is 0.165. The van der Waals surface area contributed by atoms with E-state index in [-0.39, 0.29) is 5.92 Å². The maximum atomic E-state index is 13.7. The fraction of sp³-hybridized carbons (Fsp3) is 0.552. The smallest absolute Gasteiger partial charge is 0.132 e. The van der Waals surface area contributed by atoms with Gasteiger partial charge in [0.15, 0.2) is 0 Å². The maximum Gasteiger partial charge on any atom is 0.132 e. The van der Waals surface area contributed by atoms with E-state index >= 15 is 0 Å². The molecule has 4 heteroatoms. The fourth-order valence-corrected chi connectivity index (χ4v) is 4.83. The Bertz CT molecular complexity index is 816. The Balaban J connectivity index is 0.00000122. The van der Waals surface area contributed by atoms with Gasteiger partial charge in [-0.05, 0) is 74.1 Å². The summed E-state index contributed by atoms with van der Waals surface area (Å²) in [6.45, 7) is 8.14. The largest absolute Gasteiger partial charge is 0.300 e. The number of halogens is 2. The van der Waals surface area contributed by atoms with Crippen molar-refractivity contribution in [3.8, 4) is 6.07 Å². The van der Waals surface area contributed by atoms with E-state index in [0.717, 1.165) is 45.2 Å². The second-order valence-corrected chi connectivity index (χ2v) is 8.97. The third-order valence-corrected chi connectivity index (χ3v) is 6.83. The lowest BCUT2D eigenvalue weighted by Crippen LogP contribution is -2.36. The third-order valence-electron chi connectivity index (χ3n) is 6.83. The predicted octanol–water partition coefficient (Wildman–Crippen LogP) is 7.44. The molecule has 0 heterocycles. The van der Waals surface area contributed by atoms with E-state index in [1.165, 1.54) is 23.6 Å². The van der Waals surface area contributed by atoms with Crippen molar-refractivity contribution in [1.82, 2.24) is 4.90 Å². The van der Waals surface area contributed by atoms with Crippen molar-refractivity contribution in [3.63, 3.8) is 0 Å². The molecule has 1 aliphatic rings. The van der Waals surface area contributed by atoms with Gasteiger partial charge in [-0.3, -0.25) is 0 Å². The molecule has 0 amide bonds. The topological polar surface area (TPSA) is 27.0 Å². The first-order chi connectivity index (χ1) is 16.0. The average Bonchev–Trinajstić information content (AvgIpc) is 2.84. The molecule has 4 unspecified atom stereocenters. The summed E-state index contributed by atoms with van der Waals surface area (Å²) in [6.07, 6.45) is 3.32. The van der Waals surface area contributed by atoms with Gasteiger partial charge in [0, 0.05) is 19.5 Å². The Morgan fingerprint density at radius 1 is 0.939 bits per heavy atom. The summed E-state index contributed by atoms with van der Waals surface area (Å²) < 4.78 is 27.1. The lowest BCUT2D eigenvalue weighted by atomic mass is 9.82. The number of hydrogen-bond donors (Lipinski definition) is 0. The van der Waals surface area contributed by atoms with Crippen LogP contribution in [0.25, 0.3) is 0 Å². The Morgan fingerprint density at radius 2 is 1.58 bits per heavy atom. The highest BCUT2D eigenvalue weighted by Crippen LogP contribution is 2.35. The van der Waals surface area contributed by atoms with E-state index in [1.54, 1.807) is 6.07 Å². The quantitative estimate of drug-likeness (QED) is 0.373. The van der Waals surface area contributed by atoms with Gasteiger partial charge in [0.2, 0.25) is 0 Å². The molecule has 2 aromatic carbocycles. The van der Waals surface area contributed by atoms with Crippen LogP contribution >= 0.6 is 0 Å². The standard InChI is InChI=1S/C27H37F2N.C2H3N/c1-3-25(30(4-2)19-18-21-8-6-5-7-9-21)16-12-22-10-13-23(14-11-22)24-15-17-26(28)27(29)20-24;1-2-3/h5-11,13-14,24-27H,3-4,12,15-20H2,1-2H3;1H3. The van der Waals surface area contributed by atoms with Crippen molar-refractivity contribution in [2.24, 2.45) is 0 Å². The maximum absolute atomic E-state index is 13.7. The van der Waals surface area contributed by atoms with Crippen LogP contribution in [0.1, 0.15) is 75.5 Å². The minimum Gasteiger partial charge on any atom is -0.300 e. The van der Waals surface area contributed by atoms with Crippen LogP contribution in [0.15, 0.2) is 54.6 Å². The Hall–Kier alpha value is -2.25. The zero-order valence-electron chi connectivity index (χ0n) is 20.5. The molecule has 2 aromatic rings. The van der Waals surface area contributed by atoms with Gasteiger partial charge in [-0.15, -0.1) is 0 Å². The summed E-state index contributed by atoms with van der Waals surface area (Å²) in [5.41, 5.74) is 3.91. The van der Waals surface area contributed by atoms with E-state index in [0.29, 0.717) is 18.9 Å². The van der Waals surface area contributed by atoms with E-state index in [4.69, 9.17) is 5.26 Å². The van der Waals surface area contributed by atoms with Crippen molar-refractivity contribution in [2.75, 3.05) is 13.1 Å². The van der Waals surface area contributed by atoms with Gasteiger partial charge in [0.1, 0.15) is 12.3 Å². The molecule has 0 aliphatic heterocycles. The van der Waals surface area contributed by atoms with Crippen LogP contribution in [0, 0.1) is 11.3 Å². The highest BCUT2D eigenvalue weighted by molar-refractivity contribution is 5.26. The molecule has 33 heavy (non-hydrogen) atoms.